The van der Waals surface area contributed by atoms with Crippen LogP contribution in [0.1, 0.15) is 32.6 Å². The number of fused-ring (bicyclic) bond motifs is 1. The van der Waals surface area contributed by atoms with Gasteiger partial charge in [0.05, 0.1) is 11.9 Å². The molecule has 0 spiro atoms. The molecule has 0 aliphatic heterocycles. The summed E-state index contributed by atoms with van der Waals surface area (Å²) in [6, 6.07) is 32.4. The van der Waals surface area contributed by atoms with E-state index in [0.717, 1.165) is 45.1 Å². The van der Waals surface area contributed by atoms with Crippen molar-refractivity contribution in [3.8, 4) is 11.3 Å². The SMILES string of the molecule is Cc1ccc(Cn2cc(/C=N\NC(=O)c3ccc(-c4csc(Nc5ccc(C)cc5)n4)cc3)c3ccccc32)cc1. The minimum absolute atomic E-state index is 0.267. The Bertz CT molecular complexity index is 1830. The molecule has 41 heavy (non-hydrogen) atoms. The van der Waals surface area contributed by atoms with Crippen molar-refractivity contribution in [1.29, 1.82) is 0 Å². The summed E-state index contributed by atoms with van der Waals surface area (Å²) in [5.41, 5.74) is 11.8. The van der Waals surface area contributed by atoms with E-state index in [4.69, 9.17) is 4.98 Å². The smallest absolute Gasteiger partial charge is 0.271 e. The van der Waals surface area contributed by atoms with Crippen LogP contribution >= 0.6 is 11.3 Å². The lowest BCUT2D eigenvalue weighted by Crippen LogP contribution is -2.17. The van der Waals surface area contributed by atoms with Gasteiger partial charge in [0.2, 0.25) is 0 Å². The molecule has 0 bridgehead atoms. The van der Waals surface area contributed by atoms with Gasteiger partial charge in [-0.2, -0.15) is 5.10 Å². The number of amides is 1. The fraction of sp³-hybridized carbons (Fsp3) is 0.0882. The maximum atomic E-state index is 12.8. The molecule has 0 aliphatic carbocycles. The summed E-state index contributed by atoms with van der Waals surface area (Å²) in [6.07, 6.45) is 3.78. The summed E-state index contributed by atoms with van der Waals surface area (Å²) in [6.45, 7) is 4.92. The normalized spacial score (nSPS) is 11.3. The lowest BCUT2D eigenvalue weighted by Gasteiger charge is -2.06. The zero-order valence-corrected chi connectivity index (χ0v) is 23.7. The molecule has 6 nitrogen and oxygen atoms in total. The Morgan fingerprint density at radius 1 is 0.902 bits per heavy atom. The lowest BCUT2D eigenvalue weighted by atomic mass is 10.1. The van der Waals surface area contributed by atoms with Crippen molar-refractivity contribution in [3.63, 3.8) is 0 Å². The van der Waals surface area contributed by atoms with Crippen LogP contribution in [-0.4, -0.2) is 21.7 Å². The molecular weight excluding hydrogens is 526 g/mol. The van der Waals surface area contributed by atoms with Crippen molar-refractivity contribution < 1.29 is 4.79 Å². The number of para-hydroxylation sites is 1. The highest BCUT2D eigenvalue weighted by atomic mass is 32.1. The van der Waals surface area contributed by atoms with Crippen LogP contribution in [0, 0.1) is 13.8 Å². The number of nitrogens with one attached hydrogen (secondary N) is 2. The van der Waals surface area contributed by atoms with Crippen LogP contribution < -0.4 is 10.7 Å². The first-order valence-corrected chi connectivity index (χ1v) is 14.3. The third-order valence-electron chi connectivity index (χ3n) is 6.91. The summed E-state index contributed by atoms with van der Waals surface area (Å²) < 4.78 is 2.21. The van der Waals surface area contributed by atoms with E-state index in [2.05, 4.69) is 89.0 Å². The van der Waals surface area contributed by atoms with Gasteiger partial charge in [-0.3, -0.25) is 4.79 Å². The maximum absolute atomic E-state index is 12.8. The van der Waals surface area contributed by atoms with Gasteiger partial charge in [-0.05, 0) is 49.7 Å². The van der Waals surface area contributed by atoms with E-state index in [9.17, 15) is 4.79 Å². The highest BCUT2D eigenvalue weighted by molar-refractivity contribution is 7.14. The third kappa shape index (κ3) is 6.10. The number of nitrogens with zero attached hydrogens (tertiary/aromatic N) is 3. The van der Waals surface area contributed by atoms with Gasteiger partial charge in [0.25, 0.3) is 5.91 Å². The molecular formula is C34H29N5OS. The van der Waals surface area contributed by atoms with Crippen LogP contribution in [-0.2, 0) is 6.54 Å². The Morgan fingerprint density at radius 3 is 2.37 bits per heavy atom. The highest BCUT2D eigenvalue weighted by Gasteiger charge is 2.10. The van der Waals surface area contributed by atoms with Crippen molar-refractivity contribution in [2.45, 2.75) is 20.4 Å². The van der Waals surface area contributed by atoms with Gasteiger partial charge in [-0.25, -0.2) is 10.4 Å². The van der Waals surface area contributed by atoms with Gasteiger partial charge in [0.15, 0.2) is 5.13 Å². The molecule has 202 valence electrons. The van der Waals surface area contributed by atoms with E-state index in [0.29, 0.717) is 5.56 Å². The predicted octanol–water partition coefficient (Wildman–Crippen LogP) is 7.94. The number of aryl methyl sites for hydroxylation is 2. The molecule has 6 rings (SSSR count). The van der Waals surface area contributed by atoms with E-state index < -0.39 is 0 Å². The van der Waals surface area contributed by atoms with Gasteiger partial charge < -0.3 is 9.88 Å². The predicted molar refractivity (Wildman–Crippen MR) is 169 cm³/mol. The molecule has 7 heteroatoms. The Hall–Kier alpha value is -5.01. The molecule has 0 saturated carbocycles. The van der Waals surface area contributed by atoms with Crippen LogP contribution in [0.5, 0.6) is 0 Å². The van der Waals surface area contributed by atoms with E-state index in [-0.39, 0.29) is 5.91 Å². The summed E-state index contributed by atoms with van der Waals surface area (Å²) in [7, 11) is 0. The maximum Gasteiger partial charge on any atom is 0.271 e. The zero-order valence-electron chi connectivity index (χ0n) is 22.8. The Morgan fingerprint density at radius 2 is 1.61 bits per heavy atom. The van der Waals surface area contributed by atoms with Gasteiger partial charge >= 0.3 is 0 Å². The van der Waals surface area contributed by atoms with Crippen LogP contribution in [0.4, 0.5) is 10.8 Å². The first-order chi connectivity index (χ1) is 20.0. The van der Waals surface area contributed by atoms with Gasteiger partial charge in [-0.15, -0.1) is 11.3 Å². The Labute approximate surface area is 243 Å². The van der Waals surface area contributed by atoms with Crippen LogP contribution in [0.3, 0.4) is 0 Å². The van der Waals surface area contributed by atoms with Crippen molar-refractivity contribution >= 4 is 45.2 Å². The van der Waals surface area contributed by atoms with E-state index in [1.807, 2.05) is 41.8 Å². The molecule has 0 unspecified atom stereocenters. The second-order valence-corrected chi connectivity index (χ2v) is 10.9. The summed E-state index contributed by atoms with van der Waals surface area (Å²) in [5.74, 6) is -0.267. The van der Waals surface area contributed by atoms with Gasteiger partial charge in [0.1, 0.15) is 0 Å². The molecule has 0 radical (unpaired) electrons. The quantitative estimate of drug-likeness (QED) is 0.148. The lowest BCUT2D eigenvalue weighted by molar-refractivity contribution is 0.0955. The third-order valence-corrected chi connectivity index (χ3v) is 7.67. The molecule has 6 aromatic rings. The fourth-order valence-corrected chi connectivity index (χ4v) is 5.38. The van der Waals surface area contributed by atoms with Crippen molar-refractivity contribution in [3.05, 3.63) is 136 Å². The fourth-order valence-electron chi connectivity index (χ4n) is 4.64. The van der Waals surface area contributed by atoms with Crippen LogP contribution in [0.25, 0.3) is 22.2 Å². The number of rotatable bonds is 8. The highest BCUT2D eigenvalue weighted by Crippen LogP contribution is 2.27. The number of aromatic nitrogens is 2. The number of hydrogen-bond donors (Lipinski definition) is 2. The summed E-state index contributed by atoms with van der Waals surface area (Å²) in [5, 5.41) is 11.5. The average Bonchev–Trinajstić information content (AvgIpc) is 3.60. The number of hydrazone groups is 1. The van der Waals surface area contributed by atoms with Gasteiger partial charge in [0, 0.05) is 51.4 Å². The minimum Gasteiger partial charge on any atom is -0.342 e. The van der Waals surface area contributed by atoms with Crippen molar-refractivity contribution in [2.24, 2.45) is 5.10 Å². The molecule has 4 aromatic carbocycles. The first-order valence-electron chi connectivity index (χ1n) is 13.4. The monoisotopic (exact) mass is 555 g/mol. The topological polar surface area (TPSA) is 71.3 Å². The largest absolute Gasteiger partial charge is 0.342 e. The second-order valence-electron chi connectivity index (χ2n) is 10.0. The van der Waals surface area contributed by atoms with Crippen LogP contribution in [0.2, 0.25) is 0 Å². The molecule has 0 aliphatic rings. The van der Waals surface area contributed by atoms with Crippen molar-refractivity contribution in [1.82, 2.24) is 15.0 Å². The summed E-state index contributed by atoms with van der Waals surface area (Å²) >= 11 is 1.54. The number of hydrogen-bond acceptors (Lipinski definition) is 5. The Balaban J connectivity index is 1.11. The Kier molecular flexibility index (Phi) is 7.43. The van der Waals surface area contributed by atoms with E-state index >= 15 is 0 Å². The molecule has 0 fully saturated rings. The minimum atomic E-state index is -0.267. The number of benzene rings is 4. The number of carbonyl (C=O) groups excluding carboxylic acids is 1. The van der Waals surface area contributed by atoms with E-state index in [1.165, 1.54) is 16.7 Å². The molecule has 2 heterocycles. The molecule has 0 atom stereocenters. The molecule has 2 aromatic heterocycles. The second kappa shape index (κ2) is 11.6. The summed E-state index contributed by atoms with van der Waals surface area (Å²) in [4.78, 5) is 17.5. The van der Waals surface area contributed by atoms with Crippen molar-refractivity contribution in [2.75, 3.05) is 5.32 Å². The van der Waals surface area contributed by atoms with Crippen LogP contribution in [0.15, 0.2) is 114 Å². The van der Waals surface area contributed by atoms with Gasteiger partial charge in [-0.1, -0.05) is 77.9 Å². The molecule has 1 amide bonds. The standard InChI is InChI=1S/C34H29N5OS/c1-23-7-11-25(12-8-23)20-39-21-28(30-5-3-4-6-32(30)39)19-35-38-33(40)27-15-13-26(14-16-27)31-22-41-34(37-31)36-29-17-9-24(2)10-18-29/h3-19,21-22H,20H2,1-2H3,(H,36,37)(H,38,40)/b35-19-. The number of carbonyl (C=O) groups is 1. The average molecular weight is 556 g/mol. The molecule has 2 N–H and O–H groups in total. The number of thiazole rings is 1. The molecule has 0 saturated heterocycles. The van der Waals surface area contributed by atoms with E-state index in [1.54, 1.807) is 29.7 Å². The first kappa shape index (κ1) is 26.2. The number of anilines is 2. The zero-order chi connectivity index (χ0) is 28.2.